The second kappa shape index (κ2) is 10.7. The minimum Gasteiger partial charge on any atom is -0.330 e. The number of nitrogens with two attached hydrogens (primary N) is 1. The van der Waals surface area contributed by atoms with Crippen molar-refractivity contribution >= 4 is 0 Å². The third kappa shape index (κ3) is 6.76. The third-order valence-corrected chi connectivity index (χ3v) is 4.70. The summed E-state index contributed by atoms with van der Waals surface area (Å²) in [5.74, 6) is 0.879. The van der Waals surface area contributed by atoms with E-state index in [-0.39, 0.29) is 0 Å². The fourth-order valence-corrected chi connectivity index (χ4v) is 3.67. The van der Waals surface area contributed by atoms with Gasteiger partial charge in [0.1, 0.15) is 0 Å². The van der Waals surface area contributed by atoms with Gasteiger partial charge in [0, 0.05) is 6.04 Å². The van der Waals surface area contributed by atoms with Crippen LogP contribution in [0.25, 0.3) is 0 Å². The molecule has 1 rings (SSSR count). The van der Waals surface area contributed by atoms with Crippen molar-refractivity contribution < 1.29 is 0 Å². The minimum atomic E-state index is 0.868. The molecule has 0 aromatic rings. The summed E-state index contributed by atoms with van der Waals surface area (Å²) in [6.07, 6.45) is 13.7. The standard InChI is InChI=1S/C17H36N2/c1-3-8-16(12-13-18)10-7-15-19-14-6-5-11-17(19)9-4-2/h16-17H,3-15,18H2,1-2H3. The van der Waals surface area contributed by atoms with Crippen LogP contribution in [-0.2, 0) is 0 Å². The smallest absolute Gasteiger partial charge is 0.00951 e. The quantitative estimate of drug-likeness (QED) is 0.644. The molecule has 114 valence electrons. The molecule has 0 radical (unpaired) electrons. The van der Waals surface area contributed by atoms with Gasteiger partial charge in [0.15, 0.2) is 0 Å². The molecular formula is C17H36N2. The summed E-state index contributed by atoms with van der Waals surface area (Å²) < 4.78 is 0. The van der Waals surface area contributed by atoms with E-state index < -0.39 is 0 Å². The van der Waals surface area contributed by atoms with Crippen LogP contribution in [0.4, 0.5) is 0 Å². The summed E-state index contributed by atoms with van der Waals surface area (Å²) in [5.41, 5.74) is 5.73. The van der Waals surface area contributed by atoms with Crippen LogP contribution in [0.1, 0.15) is 78.1 Å². The van der Waals surface area contributed by atoms with Crippen molar-refractivity contribution in [2.75, 3.05) is 19.6 Å². The maximum Gasteiger partial charge on any atom is 0.00951 e. The number of hydrogen-bond acceptors (Lipinski definition) is 2. The molecule has 2 heteroatoms. The van der Waals surface area contributed by atoms with E-state index in [0.717, 1.165) is 18.5 Å². The zero-order valence-corrected chi connectivity index (χ0v) is 13.4. The lowest BCUT2D eigenvalue weighted by Crippen LogP contribution is -2.40. The molecule has 1 heterocycles. The van der Waals surface area contributed by atoms with Gasteiger partial charge < -0.3 is 10.6 Å². The van der Waals surface area contributed by atoms with E-state index in [0.29, 0.717) is 0 Å². The fourth-order valence-electron chi connectivity index (χ4n) is 3.67. The number of likely N-dealkylation sites (tertiary alicyclic amines) is 1. The van der Waals surface area contributed by atoms with Crippen LogP contribution in [0.2, 0.25) is 0 Å². The maximum atomic E-state index is 5.73. The molecule has 0 amide bonds. The molecular weight excluding hydrogens is 232 g/mol. The van der Waals surface area contributed by atoms with Gasteiger partial charge in [-0.2, -0.15) is 0 Å². The van der Waals surface area contributed by atoms with Crippen LogP contribution in [0.15, 0.2) is 0 Å². The molecule has 2 atom stereocenters. The Labute approximate surface area is 121 Å². The third-order valence-electron chi connectivity index (χ3n) is 4.70. The number of rotatable bonds is 10. The molecule has 1 saturated heterocycles. The van der Waals surface area contributed by atoms with Gasteiger partial charge >= 0.3 is 0 Å². The highest BCUT2D eigenvalue weighted by Gasteiger charge is 2.21. The Morgan fingerprint density at radius 2 is 1.95 bits per heavy atom. The van der Waals surface area contributed by atoms with Gasteiger partial charge in [-0.15, -0.1) is 0 Å². The highest BCUT2D eigenvalue weighted by molar-refractivity contribution is 4.76. The molecule has 0 aromatic carbocycles. The first-order chi connectivity index (χ1) is 9.31. The molecule has 0 bridgehead atoms. The van der Waals surface area contributed by atoms with Crippen molar-refractivity contribution in [3.63, 3.8) is 0 Å². The van der Waals surface area contributed by atoms with Crippen LogP contribution >= 0.6 is 0 Å². The van der Waals surface area contributed by atoms with Crippen LogP contribution in [-0.4, -0.2) is 30.6 Å². The Hall–Kier alpha value is -0.0800. The van der Waals surface area contributed by atoms with E-state index >= 15 is 0 Å². The van der Waals surface area contributed by atoms with Gasteiger partial charge in [0.25, 0.3) is 0 Å². The molecule has 19 heavy (non-hydrogen) atoms. The maximum absolute atomic E-state index is 5.73. The van der Waals surface area contributed by atoms with Crippen molar-refractivity contribution in [3.8, 4) is 0 Å². The summed E-state index contributed by atoms with van der Waals surface area (Å²) in [5, 5.41) is 0. The summed E-state index contributed by atoms with van der Waals surface area (Å²) in [4.78, 5) is 2.78. The van der Waals surface area contributed by atoms with E-state index in [1.165, 1.54) is 77.3 Å². The first kappa shape index (κ1) is 17.0. The highest BCUT2D eigenvalue weighted by Crippen LogP contribution is 2.23. The Balaban J connectivity index is 2.24. The molecule has 0 spiro atoms. The first-order valence-electron chi connectivity index (χ1n) is 8.75. The Bertz CT molecular complexity index is 197. The average molecular weight is 268 g/mol. The van der Waals surface area contributed by atoms with E-state index in [1.54, 1.807) is 0 Å². The molecule has 1 aliphatic rings. The highest BCUT2D eigenvalue weighted by atomic mass is 15.2. The normalized spacial score (nSPS) is 22.6. The van der Waals surface area contributed by atoms with Crippen LogP contribution in [0.5, 0.6) is 0 Å². The summed E-state index contributed by atoms with van der Waals surface area (Å²) in [6.45, 7) is 8.17. The van der Waals surface area contributed by atoms with Crippen molar-refractivity contribution in [3.05, 3.63) is 0 Å². The molecule has 2 nitrogen and oxygen atoms in total. The van der Waals surface area contributed by atoms with Crippen LogP contribution in [0, 0.1) is 5.92 Å². The second-order valence-corrected chi connectivity index (χ2v) is 6.35. The molecule has 2 unspecified atom stereocenters. The predicted molar refractivity (Wildman–Crippen MR) is 85.4 cm³/mol. The monoisotopic (exact) mass is 268 g/mol. The van der Waals surface area contributed by atoms with Gasteiger partial charge in [0.2, 0.25) is 0 Å². The van der Waals surface area contributed by atoms with Crippen LogP contribution < -0.4 is 5.73 Å². The van der Waals surface area contributed by atoms with Crippen molar-refractivity contribution in [1.29, 1.82) is 0 Å². The van der Waals surface area contributed by atoms with Gasteiger partial charge in [0.05, 0.1) is 0 Å². The Morgan fingerprint density at radius 3 is 2.63 bits per heavy atom. The zero-order valence-electron chi connectivity index (χ0n) is 13.4. The minimum absolute atomic E-state index is 0.868. The van der Waals surface area contributed by atoms with E-state index in [4.69, 9.17) is 5.73 Å². The fraction of sp³-hybridized carbons (Fsp3) is 1.00. The van der Waals surface area contributed by atoms with Crippen LogP contribution in [0.3, 0.4) is 0 Å². The molecule has 2 N–H and O–H groups in total. The summed E-state index contributed by atoms with van der Waals surface area (Å²) >= 11 is 0. The Morgan fingerprint density at radius 1 is 1.11 bits per heavy atom. The van der Waals surface area contributed by atoms with E-state index in [1.807, 2.05) is 0 Å². The molecule has 0 aliphatic carbocycles. The van der Waals surface area contributed by atoms with Crippen molar-refractivity contribution in [2.24, 2.45) is 11.7 Å². The lowest BCUT2D eigenvalue weighted by Gasteiger charge is -2.36. The zero-order chi connectivity index (χ0) is 13.9. The molecule has 1 fully saturated rings. The van der Waals surface area contributed by atoms with Gasteiger partial charge in [-0.05, 0) is 64.1 Å². The predicted octanol–water partition coefficient (Wildman–Crippen LogP) is 4.19. The van der Waals surface area contributed by atoms with Gasteiger partial charge in [-0.1, -0.05) is 39.5 Å². The molecule has 1 aliphatic heterocycles. The average Bonchev–Trinajstić information content (AvgIpc) is 2.41. The lowest BCUT2D eigenvalue weighted by atomic mass is 9.93. The summed E-state index contributed by atoms with van der Waals surface area (Å²) in [6, 6.07) is 0.887. The van der Waals surface area contributed by atoms with E-state index in [2.05, 4.69) is 18.7 Å². The number of hydrogen-bond donors (Lipinski definition) is 1. The number of piperidine rings is 1. The second-order valence-electron chi connectivity index (χ2n) is 6.35. The lowest BCUT2D eigenvalue weighted by molar-refractivity contribution is 0.134. The SMILES string of the molecule is CCCC(CCN)CCCN1CCCCC1CCC. The topological polar surface area (TPSA) is 29.3 Å². The van der Waals surface area contributed by atoms with Crippen molar-refractivity contribution in [2.45, 2.75) is 84.1 Å². The largest absolute Gasteiger partial charge is 0.330 e. The van der Waals surface area contributed by atoms with Gasteiger partial charge in [-0.3, -0.25) is 0 Å². The number of nitrogens with zero attached hydrogens (tertiary/aromatic N) is 1. The van der Waals surface area contributed by atoms with Gasteiger partial charge in [-0.25, -0.2) is 0 Å². The van der Waals surface area contributed by atoms with E-state index in [9.17, 15) is 0 Å². The Kier molecular flexibility index (Phi) is 9.54. The summed E-state index contributed by atoms with van der Waals surface area (Å²) in [7, 11) is 0. The molecule has 0 saturated carbocycles. The first-order valence-corrected chi connectivity index (χ1v) is 8.75. The molecule has 0 aromatic heterocycles. The van der Waals surface area contributed by atoms with Crippen molar-refractivity contribution in [1.82, 2.24) is 4.90 Å².